The van der Waals surface area contributed by atoms with E-state index in [1.165, 1.54) is 12.1 Å². The summed E-state index contributed by atoms with van der Waals surface area (Å²) in [5, 5.41) is 0. The Morgan fingerprint density at radius 3 is 2.42 bits per heavy atom. The first kappa shape index (κ1) is 14.0. The van der Waals surface area contributed by atoms with Gasteiger partial charge in [-0.2, -0.15) is 0 Å². The number of hydrogen-bond acceptors (Lipinski definition) is 3. The van der Waals surface area contributed by atoms with Crippen molar-refractivity contribution in [3.8, 4) is 0 Å². The van der Waals surface area contributed by atoms with E-state index in [-0.39, 0.29) is 17.3 Å². The van der Waals surface area contributed by atoms with Gasteiger partial charge in [-0.05, 0) is 38.1 Å². The topological polar surface area (TPSA) is 49.6 Å². The lowest BCUT2D eigenvalue weighted by Crippen LogP contribution is -2.59. The maximum absolute atomic E-state index is 12.9. The van der Waals surface area contributed by atoms with Gasteiger partial charge in [-0.25, -0.2) is 4.39 Å². The molecule has 2 rings (SSSR count). The van der Waals surface area contributed by atoms with Gasteiger partial charge in [-0.3, -0.25) is 9.69 Å². The molecule has 4 nitrogen and oxygen atoms in total. The van der Waals surface area contributed by atoms with Crippen LogP contribution in [0.15, 0.2) is 24.3 Å². The Bertz CT molecular complexity index is 458. The van der Waals surface area contributed by atoms with Crippen LogP contribution in [0.3, 0.4) is 0 Å². The third kappa shape index (κ3) is 2.93. The number of piperazine rings is 1. The molecule has 2 N–H and O–H groups in total. The summed E-state index contributed by atoms with van der Waals surface area (Å²) in [7, 11) is 0. The van der Waals surface area contributed by atoms with Crippen molar-refractivity contribution >= 4 is 11.6 Å². The predicted molar refractivity (Wildman–Crippen MR) is 73.5 cm³/mol. The lowest BCUT2D eigenvalue weighted by Gasteiger charge is -2.43. The summed E-state index contributed by atoms with van der Waals surface area (Å²) in [6, 6.07) is 6.02. The van der Waals surface area contributed by atoms with Crippen LogP contribution in [0.25, 0.3) is 0 Å². The molecule has 0 aromatic heterocycles. The molecular weight excluding hydrogens is 245 g/mol. The van der Waals surface area contributed by atoms with E-state index in [2.05, 4.69) is 4.90 Å². The third-order valence-corrected chi connectivity index (χ3v) is 3.71. The molecule has 104 valence electrons. The van der Waals surface area contributed by atoms with Crippen LogP contribution in [-0.4, -0.2) is 42.5 Å². The number of anilines is 1. The van der Waals surface area contributed by atoms with Gasteiger partial charge in [-0.1, -0.05) is 0 Å². The molecule has 0 aliphatic carbocycles. The lowest BCUT2D eigenvalue weighted by atomic mass is 10.0. The number of carbonyl (C=O) groups is 1. The predicted octanol–water partition coefficient (Wildman–Crippen LogP) is 1.21. The largest absolute Gasteiger partial charge is 0.329 e. The van der Waals surface area contributed by atoms with E-state index in [9.17, 15) is 9.18 Å². The minimum absolute atomic E-state index is 0.0272. The SMILES string of the molecule is CC(C)(CN)N1CCN(c2ccc(F)cc2)C(=O)C1. The zero-order chi connectivity index (χ0) is 14.0. The van der Waals surface area contributed by atoms with Crippen LogP contribution in [0.5, 0.6) is 0 Å². The number of rotatable bonds is 3. The van der Waals surface area contributed by atoms with Gasteiger partial charge >= 0.3 is 0 Å². The second-order valence-electron chi connectivity index (χ2n) is 5.46. The molecule has 0 spiro atoms. The van der Waals surface area contributed by atoms with E-state index in [0.29, 0.717) is 19.6 Å². The number of halogens is 1. The average Bonchev–Trinajstić information content (AvgIpc) is 2.40. The van der Waals surface area contributed by atoms with Crippen LogP contribution < -0.4 is 10.6 Å². The van der Waals surface area contributed by atoms with Gasteiger partial charge in [0.1, 0.15) is 5.82 Å². The summed E-state index contributed by atoms with van der Waals surface area (Å²) >= 11 is 0. The number of benzene rings is 1. The van der Waals surface area contributed by atoms with Gasteiger partial charge < -0.3 is 10.6 Å². The molecular formula is C14H20FN3O. The Kier molecular flexibility index (Phi) is 3.87. The van der Waals surface area contributed by atoms with Crippen LogP contribution in [0.1, 0.15) is 13.8 Å². The molecule has 1 aliphatic heterocycles. The molecule has 0 saturated carbocycles. The quantitative estimate of drug-likeness (QED) is 0.893. The molecule has 5 heteroatoms. The fourth-order valence-corrected chi connectivity index (χ4v) is 2.21. The Labute approximate surface area is 113 Å². The van der Waals surface area contributed by atoms with Gasteiger partial charge in [-0.15, -0.1) is 0 Å². The van der Waals surface area contributed by atoms with Crippen molar-refractivity contribution in [2.75, 3.05) is 31.1 Å². The van der Waals surface area contributed by atoms with E-state index in [1.807, 2.05) is 13.8 Å². The van der Waals surface area contributed by atoms with Gasteiger partial charge in [0, 0.05) is 30.9 Å². The summed E-state index contributed by atoms with van der Waals surface area (Å²) in [6.45, 7) is 6.31. The highest BCUT2D eigenvalue weighted by atomic mass is 19.1. The zero-order valence-electron chi connectivity index (χ0n) is 11.4. The molecule has 1 heterocycles. The van der Waals surface area contributed by atoms with Crippen molar-refractivity contribution in [3.63, 3.8) is 0 Å². The summed E-state index contributed by atoms with van der Waals surface area (Å²) < 4.78 is 12.9. The summed E-state index contributed by atoms with van der Waals surface area (Å²) in [5.41, 5.74) is 6.31. The highest BCUT2D eigenvalue weighted by Crippen LogP contribution is 2.21. The number of carbonyl (C=O) groups excluding carboxylic acids is 1. The molecule has 0 bridgehead atoms. The Balaban J connectivity index is 2.09. The fraction of sp³-hybridized carbons (Fsp3) is 0.500. The van der Waals surface area contributed by atoms with Crippen molar-refractivity contribution in [1.82, 2.24) is 4.90 Å². The minimum atomic E-state index is -0.292. The van der Waals surface area contributed by atoms with E-state index in [0.717, 1.165) is 12.2 Å². The number of nitrogens with two attached hydrogens (primary N) is 1. The molecule has 1 aliphatic rings. The molecule has 1 saturated heterocycles. The summed E-state index contributed by atoms with van der Waals surface area (Å²) in [4.78, 5) is 16.0. The number of nitrogens with zero attached hydrogens (tertiary/aromatic N) is 2. The van der Waals surface area contributed by atoms with Gasteiger partial charge in [0.05, 0.1) is 6.54 Å². The monoisotopic (exact) mass is 265 g/mol. The van der Waals surface area contributed by atoms with Crippen LogP contribution in [-0.2, 0) is 4.79 Å². The smallest absolute Gasteiger partial charge is 0.241 e. The molecule has 19 heavy (non-hydrogen) atoms. The van der Waals surface area contributed by atoms with E-state index < -0.39 is 0 Å². The standard InChI is InChI=1S/C14H20FN3O/c1-14(2,10-16)17-7-8-18(13(19)9-17)12-5-3-11(15)4-6-12/h3-6H,7-10,16H2,1-2H3. The van der Waals surface area contributed by atoms with Crippen LogP contribution in [0.4, 0.5) is 10.1 Å². The highest BCUT2D eigenvalue weighted by molar-refractivity contribution is 5.95. The Morgan fingerprint density at radius 2 is 1.89 bits per heavy atom. The van der Waals surface area contributed by atoms with Gasteiger partial charge in [0.25, 0.3) is 0 Å². The summed E-state index contributed by atoms with van der Waals surface area (Å²) in [5.74, 6) is -0.265. The Hall–Kier alpha value is -1.46. The minimum Gasteiger partial charge on any atom is -0.329 e. The van der Waals surface area contributed by atoms with E-state index in [4.69, 9.17) is 5.73 Å². The van der Waals surface area contributed by atoms with E-state index in [1.54, 1.807) is 17.0 Å². The average molecular weight is 265 g/mol. The second kappa shape index (κ2) is 5.27. The molecule has 0 radical (unpaired) electrons. The first-order chi connectivity index (χ1) is 8.94. The lowest BCUT2D eigenvalue weighted by molar-refractivity contribution is -0.123. The van der Waals surface area contributed by atoms with E-state index >= 15 is 0 Å². The number of amides is 1. The first-order valence-corrected chi connectivity index (χ1v) is 6.45. The van der Waals surface area contributed by atoms with Crippen LogP contribution in [0.2, 0.25) is 0 Å². The third-order valence-electron chi connectivity index (χ3n) is 3.71. The zero-order valence-corrected chi connectivity index (χ0v) is 11.4. The molecule has 1 aromatic rings. The highest BCUT2D eigenvalue weighted by Gasteiger charge is 2.33. The van der Waals surface area contributed by atoms with Gasteiger partial charge in [0.15, 0.2) is 0 Å². The molecule has 1 amide bonds. The van der Waals surface area contributed by atoms with Crippen molar-refractivity contribution in [2.24, 2.45) is 5.73 Å². The van der Waals surface area contributed by atoms with Gasteiger partial charge in [0.2, 0.25) is 5.91 Å². The number of hydrogen-bond donors (Lipinski definition) is 1. The molecule has 1 fully saturated rings. The molecule has 1 aromatic carbocycles. The normalized spacial score (nSPS) is 17.9. The second-order valence-corrected chi connectivity index (χ2v) is 5.46. The van der Waals surface area contributed by atoms with Crippen molar-refractivity contribution in [1.29, 1.82) is 0 Å². The van der Waals surface area contributed by atoms with Crippen LogP contribution >= 0.6 is 0 Å². The van der Waals surface area contributed by atoms with Crippen molar-refractivity contribution in [2.45, 2.75) is 19.4 Å². The molecule has 0 unspecified atom stereocenters. The molecule has 0 atom stereocenters. The van der Waals surface area contributed by atoms with Crippen LogP contribution in [0, 0.1) is 5.82 Å². The van der Waals surface area contributed by atoms with Crippen molar-refractivity contribution < 1.29 is 9.18 Å². The first-order valence-electron chi connectivity index (χ1n) is 6.45. The summed E-state index contributed by atoms with van der Waals surface area (Å²) in [6.07, 6.45) is 0. The van der Waals surface area contributed by atoms with Crippen molar-refractivity contribution in [3.05, 3.63) is 30.1 Å². The maximum atomic E-state index is 12.9. The fourth-order valence-electron chi connectivity index (χ4n) is 2.21. The maximum Gasteiger partial charge on any atom is 0.241 e. The Morgan fingerprint density at radius 1 is 1.26 bits per heavy atom.